The molecule has 0 fully saturated rings. The summed E-state index contributed by atoms with van der Waals surface area (Å²) >= 11 is 5.54. The molecule has 254 valence electrons. The molecule has 1 N–H and O–H groups in total. The van der Waals surface area contributed by atoms with Crippen LogP contribution in [0.15, 0.2) is 206 Å². The van der Waals surface area contributed by atoms with Crippen LogP contribution >= 0.6 is 27.4 Å². The van der Waals surface area contributed by atoms with Gasteiger partial charge in [-0.3, -0.25) is 4.79 Å². The molecule has 0 aliphatic rings. The maximum absolute atomic E-state index is 10.3. The topological polar surface area (TPSA) is 54.4 Å². The van der Waals surface area contributed by atoms with Crippen LogP contribution in [-0.4, -0.2) is 17.9 Å². The van der Waals surface area contributed by atoms with Crippen molar-refractivity contribution in [2.75, 3.05) is 0 Å². The SMILES string of the molecule is O=C(O)c1ccccc1Cl.[C]=O.[Ru].c1ccc(P(c2ccccc2)c2ccccc2)cc1.c1ccc(P(c2ccccc2)c2ccccc2)cc1. The Hall–Kier alpha value is -4.55. The molecular formula is C44H35ClO3P2Ru. The molecule has 7 rings (SSSR count). The average molecular weight is 810 g/mol. The summed E-state index contributed by atoms with van der Waals surface area (Å²) in [6, 6.07) is 71.0. The Bertz CT molecular complexity index is 1670. The Balaban J connectivity index is 0.000000209. The van der Waals surface area contributed by atoms with E-state index in [1.165, 1.54) is 37.9 Å². The van der Waals surface area contributed by atoms with Crippen LogP contribution < -0.4 is 31.8 Å². The van der Waals surface area contributed by atoms with E-state index in [2.05, 4.69) is 189 Å². The van der Waals surface area contributed by atoms with E-state index in [0.29, 0.717) is 0 Å². The predicted octanol–water partition coefficient (Wildman–Crippen LogP) is 8.53. The number of halogens is 1. The first-order valence-corrected chi connectivity index (χ1v) is 18.8. The Labute approximate surface area is 321 Å². The number of rotatable bonds is 7. The number of hydrogen-bond donors (Lipinski definition) is 1. The largest absolute Gasteiger partial charge is 0.478 e. The van der Waals surface area contributed by atoms with E-state index in [-0.39, 0.29) is 30.1 Å². The Morgan fingerprint density at radius 3 is 0.765 bits per heavy atom. The molecule has 51 heavy (non-hydrogen) atoms. The number of carbonyl (C=O) groups is 1. The molecule has 0 spiro atoms. The standard InChI is InChI=1S/2C18H15P.C7H5ClO2.CO.Ru/c2*1-4-10-16(11-5-1)19(17-12-6-2-7-13-17)18-14-8-3-9-15-18;8-6-4-2-1-3-5(6)7(9)10;1-2;/h2*1-15H;1-4H,(H,9,10);;. The minimum Gasteiger partial charge on any atom is -0.478 e. The minimum absolute atomic E-state index is 0. The molecule has 0 aromatic heterocycles. The van der Waals surface area contributed by atoms with Crippen molar-refractivity contribution in [3.05, 3.63) is 217 Å². The van der Waals surface area contributed by atoms with Gasteiger partial charge in [0, 0.05) is 19.5 Å². The van der Waals surface area contributed by atoms with Crippen LogP contribution in [0.1, 0.15) is 10.4 Å². The molecular weight excluding hydrogens is 775 g/mol. The van der Waals surface area contributed by atoms with Crippen molar-refractivity contribution in [2.45, 2.75) is 0 Å². The zero-order valence-electron chi connectivity index (χ0n) is 27.5. The fraction of sp³-hybridized carbons (Fsp3) is 0. The van der Waals surface area contributed by atoms with E-state index >= 15 is 0 Å². The summed E-state index contributed by atoms with van der Waals surface area (Å²) in [7, 11) is -0.892. The zero-order valence-corrected chi connectivity index (χ0v) is 31.8. The Morgan fingerprint density at radius 2 is 0.588 bits per heavy atom. The molecule has 0 saturated heterocycles. The van der Waals surface area contributed by atoms with Gasteiger partial charge in [0.2, 0.25) is 0 Å². The van der Waals surface area contributed by atoms with Crippen molar-refractivity contribution in [3.63, 3.8) is 0 Å². The third kappa shape index (κ3) is 12.6. The van der Waals surface area contributed by atoms with Gasteiger partial charge in [-0.05, 0) is 59.8 Å². The average Bonchev–Trinajstić information content (AvgIpc) is 3.19. The van der Waals surface area contributed by atoms with E-state index in [1.54, 1.807) is 18.2 Å². The summed E-state index contributed by atoms with van der Waals surface area (Å²) in [6.07, 6.45) is 0. The third-order valence-electron chi connectivity index (χ3n) is 7.19. The fourth-order valence-corrected chi connectivity index (χ4v) is 9.82. The van der Waals surface area contributed by atoms with Crippen LogP contribution in [0.25, 0.3) is 0 Å². The summed E-state index contributed by atoms with van der Waals surface area (Å²) in [5.41, 5.74) is 0.143. The quantitative estimate of drug-likeness (QED) is 0.130. The van der Waals surface area contributed by atoms with E-state index in [9.17, 15) is 4.79 Å². The minimum atomic E-state index is -0.995. The van der Waals surface area contributed by atoms with Gasteiger partial charge >= 0.3 is 5.97 Å². The number of aromatic carboxylic acids is 1. The van der Waals surface area contributed by atoms with Gasteiger partial charge in [-0.25, -0.2) is 4.79 Å². The van der Waals surface area contributed by atoms with Crippen molar-refractivity contribution in [2.24, 2.45) is 0 Å². The maximum Gasteiger partial charge on any atom is 0.337 e. The molecule has 0 aliphatic heterocycles. The smallest absolute Gasteiger partial charge is 0.337 e. The van der Waals surface area contributed by atoms with E-state index in [4.69, 9.17) is 21.5 Å². The molecule has 0 unspecified atom stereocenters. The van der Waals surface area contributed by atoms with Crippen LogP contribution in [0.4, 0.5) is 0 Å². The predicted molar refractivity (Wildman–Crippen MR) is 214 cm³/mol. The molecule has 0 amide bonds. The molecule has 0 bridgehead atoms. The number of benzene rings is 7. The molecule has 0 heterocycles. The summed E-state index contributed by atoms with van der Waals surface area (Å²) in [4.78, 5) is 17.8. The third-order valence-corrected chi connectivity index (χ3v) is 12.4. The maximum atomic E-state index is 10.3. The van der Waals surface area contributed by atoms with Gasteiger partial charge in [-0.1, -0.05) is 206 Å². The van der Waals surface area contributed by atoms with E-state index in [0.717, 1.165) is 0 Å². The van der Waals surface area contributed by atoms with Crippen molar-refractivity contribution in [1.82, 2.24) is 0 Å². The molecule has 7 aromatic rings. The molecule has 0 saturated carbocycles. The molecule has 3 nitrogen and oxygen atoms in total. The number of carbonyl (C=O) groups excluding carboxylic acids is 1. The Morgan fingerprint density at radius 1 is 0.392 bits per heavy atom. The van der Waals surface area contributed by atoms with Crippen LogP contribution in [-0.2, 0) is 24.3 Å². The molecule has 7 aromatic carbocycles. The molecule has 7 heteroatoms. The number of carboxylic acid groups (broad SMARTS) is 1. The van der Waals surface area contributed by atoms with Crippen molar-refractivity contribution in [3.8, 4) is 0 Å². The van der Waals surface area contributed by atoms with Crippen molar-refractivity contribution < 1.29 is 34.2 Å². The second-order valence-corrected chi connectivity index (χ2v) is 15.3. The molecule has 2 radical (unpaired) electrons. The number of carboxylic acids is 1. The van der Waals surface area contributed by atoms with Gasteiger partial charge in [0.15, 0.2) is 0 Å². The summed E-state index contributed by atoms with van der Waals surface area (Å²) in [5, 5.41) is 17.1. The van der Waals surface area contributed by atoms with Gasteiger partial charge in [-0.15, -0.1) is 0 Å². The van der Waals surface area contributed by atoms with Crippen molar-refractivity contribution >= 4 is 72.0 Å². The van der Waals surface area contributed by atoms with Gasteiger partial charge in [-0.2, -0.15) is 0 Å². The fourth-order valence-electron chi connectivity index (χ4n) is 4.99. The second kappa shape index (κ2) is 23.0. The van der Waals surface area contributed by atoms with Crippen LogP contribution in [0.3, 0.4) is 0 Å². The normalized spacial score (nSPS) is 9.78. The first-order chi connectivity index (χ1) is 24.6. The van der Waals surface area contributed by atoms with Gasteiger partial charge in [0.25, 0.3) is 6.79 Å². The first kappa shape index (κ1) is 40.9. The second-order valence-electron chi connectivity index (χ2n) is 10.5. The van der Waals surface area contributed by atoms with Crippen molar-refractivity contribution in [1.29, 1.82) is 0 Å². The van der Waals surface area contributed by atoms with Gasteiger partial charge in [0.1, 0.15) is 0 Å². The monoisotopic (exact) mass is 810 g/mol. The first-order valence-electron chi connectivity index (χ1n) is 15.7. The Kier molecular flexibility index (Phi) is 18.5. The molecule has 0 aliphatic carbocycles. The van der Waals surface area contributed by atoms with Gasteiger partial charge < -0.3 is 5.11 Å². The number of hydrogen-bond acceptors (Lipinski definition) is 2. The van der Waals surface area contributed by atoms with E-state index < -0.39 is 21.8 Å². The van der Waals surface area contributed by atoms with Crippen LogP contribution in [0.5, 0.6) is 0 Å². The summed E-state index contributed by atoms with van der Waals surface area (Å²) in [6.45, 7) is 4.50. The van der Waals surface area contributed by atoms with E-state index in [1.807, 2.05) is 0 Å². The zero-order chi connectivity index (χ0) is 35.4. The van der Waals surface area contributed by atoms with Gasteiger partial charge in [0.05, 0.1) is 10.6 Å². The van der Waals surface area contributed by atoms with Crippen LogP contribution in [0, 0.1) is 0 Å². The van der Waals surface area contributed by atoms with Crippen LogP contribution in [0.2, 0.25) is 5.02 Å². The summed E-state index contributed by atoms with van der Waals surface area (Å²) < 4.78 is 0. The summed E-state index contributed by atoms with van der Waals surface area (Å²) in [5.74, 6) is -0.995. The molecule has 0 atom stereocenters.